The second-order valence-electron chi connectivity index (χ2n) is 2.53. The van der Waals surface area contributed by atoms with Crippen LogP contribution in [0.4, 0.5) is 10.1 Å². The van der Waals surface area contributed by atoms with Gasteiger partial charge in [-0.1, -0.05) is 0 Å². The minimum atomic E-state index is -0.398. The predicted octanol–water partition coefficient (Wildman–Crippen LogP) is 0.989. The number of nitrogen functional groups attached to an aromatic ring is 1. The first-order valence-electron chi connectivity index (χ1n) is 3.69. The van der Waals surface area contributed by atoms with Crippen molar-refractivity contribution in [3.05, 3.63) is 36.4 Å². The molecule has 1 heterocycles. The summed E-state index contributed by atoms with van der Waals surface area (Å²) in [6, 6.07) is 4.26. The molecule has 13 heavy (non-hydrogen) atoms. The van der Waals surface area contributed by atoms with Gasteiger partial charge in [0.05, 0.1) is 12.4 Å². The third-order valence-corrected chi connectivity index (χ3v) is 1.60. The predicted molar refractivity (Wildman–Crippen MR) is 45.7 cm³/mol. The van der Waals surface area contributed by atoms with Gasteiger partial charge in [-0.2, -0.15) is 10.2 Å². The molecule has 2 aromatic rings. The van der Waals surface area contributed by atoms with Crippen molar-refractivity contribution in [3.63, 3.8) is 0 Å². The molecule has 0 fully saturated rings. The summed E-state index contributed by atoms with van der Waals surface area (Å²) in [7, 11) is 0. The fourth-order valence-electron chi connectivity index (χ4n) is 1.02. The quantitative estimate of drug-likeness (QED) is 0.662. The van der Waals surface area contributed by atoms with Crippen LogP contribution in [0.15, 0.2) is 30.6 Å². The second kappa shape index (κ2) is 2.85. The maximum absolute atomic E-state index is 13.2. The average Bonchev–Trinajstić information content (AvgIpc) is 2.61. The number of aromatic nitrogens is 3. The lowest BCUT2D eigenvalue weighted by Crippen LogP contribution is -2.02. The van der Waals surface area contributed by atoms with E-state index in [0.29, 0.717) is 5.69 Å². The summed E-state index contributed by atoms with van der Waals surface area (Å²) < 4.78 is 13.2. The first-order valence-corrected chi connectivity index (χ1v) is 3.69. The molecular formula is C8H7FN4. The van der Waals surface area contributed by atoms with E-state index >= 15 is 0 Å². The first kappa shape index (κ1) is 7.72. The van der Waals surface area contributed by atoms with E-state index in [1.54, 1.807) is 0 Å². The van der Waals surface area contributed by atoms with Crippen LogP contribution in [0.25, 0.3) is 5.69 Å². The molecule has 0 spiro atoms. The number of hydrogen-bond donors (Lipinski definition) is 1. The maximum atomic E-state index is 13.2. The van der Waals surface area contributed by atoms with Crippen molar-refractivity contribution in [2.24, 2.45) is 0 Å². The van der Waals surface area contributed by atoms with Crippen molar-refractivity contribution in [1.29, 1.82) is 0 Å². The van der Waals surface area contributed by atoms with Gasteiger partial charge in [-0.3, -0.25) is 0 Å². The third kappa shape index (κ3) is 1.35. The smallest absolute Gasteiger partial charge is 0.150 e. The molecule has 1 aromatic heterocycles. The van der Waals surface area contributed by atoms with Gasteiger partial charge in [0.2, 0.25) is 0 Å². The molecule has 0 aliphatic rings. The molecule has 0 radical (unpaired) electrons. The van der Waals surface area contributed by atoms with Crippen LogP contribution in [0.1, 0.15) is 0 Å². The van der Waals surface area contributed by atoms with Crippen LogP contribution in [0.2, 0.25) is 0 Å². The first-order chi connectivity index (χ1) is 6.27. The number of anilines is 1. The molecule has 0 aliphatic heterocycles. The van der Waals surface area contributed by atoms with E-state index in [-0.39, 0.29) is 5.69 Å². The molecule has 5 heteroatoms. The molecule has 66 valence electrons. The van der Waals surface area contributed by atoms with Crippen LogP contribution in [-0.2, 0) is 0 Å². The highest BCUT2D eigenvalue weighted by Crippen LogP contribution is 2.14. The van der Waals surface area contributed by atoms with Gasteiger partial charge in [0, 0.05) is 5.69 Å². The highest BCUT2D eigenvalue weighted by molar-refractivity contribution is 5.47. The third-order valence-electron chi connectivity index (χ3n) is 1.60. The molecule has 4 nitrogen and oxygen atoms in total. The molecular weight excluding hydrogens is 171 g/mol. The van der Waals surface area contributed by atoms with Crippen LogP contribution in [0.5, 0.6) is 0 Å². The Morgan fingerprint density at radius 1 is 1.23 bits per heavy atom. The van der Waals surface area contributed by atoms with E-state index in [2.05, 4.69) is 10.2 Å². The number of rotatable bonds is 1. The molecule has 2 rings (SSSR count). The van der Waals surface area contributed by atoms with Gasteiger partial charge < -0.3 is 5.73 Å². The lowest BCUT2D eigenvalue weighted by molar-refractivity contribution is 0.597. The van der Waals surface area contributed by atoms with E-state index in [9.17, 15) is 4.39 Å². The van der Waals surface area contributed by atoms with Crippen LogP contribution in [-0.4, -0.2) is 15.0 Å². The van der Waals surface area contributed by atoms with Crippen molar-refractivity contribution in [2.75, 3.05) is 5.73 Å². The molecule has 0 saturated heterocycles. The fourth-order valence-corrected chi connectivity index (χ4v) is 1.02. The second-order valence-corrected chi connectivity index (χ2v) is 2.53. The largest absolute Gasteiger partial charge is 0.399 e. The zero-order valence-electron chi connectivity index (χ0n) is 6.68. The Morgan fingerprint density at radius 3 is 2.62 bits per heavy atom. The van der Waals surface area contributed by atoms with Crippen LogP contribution in [0.3, 0.4) is 0 Å². The molecule has 0 saturated carbocycles. The summed E-state index contributed by atoms with van der Waals surface area (Å²) in [6.45, 7) is 0. The summed E-state index contributed by atoms with van der Waals surface area (Å²) in [5.74, 6) is -0.398. The lowest BCUT2D eigenvalue weighted by Gasteiger charge is -2.01. The SMILES string of the molecule is Nc1ccc(F)c(-n2nccn2)c1. The summed E-state index contributed by atoms with van der Waals surface area (Å²) in [6.07, 6.45) is 2.95. The van der Waals surface area contributed by atoms with Gasteiger partial charge >= 0.3 is 0 Å². The minimum absolute atomic E-state index is 0.255. The van der Waals surface area contributed by atoms with Crippen molar-refractivity contribution >= 4 is 5.69 Å². The normalized spacial score (nSPS) is 10.2. The zero-order chi connectivity index (χ0) is 9.26. The van der Waals surface area contributed by atoms with Crippen molar-refractivity contribution in [3.8, 4) is 5.69 Å². The average molecular weight is 178 g/mol. The summed E-state index contributed by atoms with van der Waals surface area (Å²) in [5, 5.41) is 7.60. The summed E-state index contributed by atoms with van der Waals surface area (Å²) in [4.78, 5) is 1.19. The van der Waals surface area contributed by atoms with Gasteiger partial charge in [-0.15, -0.1) is 4.80 Å². The standard InChI is InChI=1S/C8H7FN4/c9-7-2-1-6(10)5-8(7)13-11-3-4-12-13/h1-5H,10H2. The number of nitrogens with two attached hydrogens (primary N) is 1. The van der Waals surface area contributed by atoms with Gasteiger partial charge in [0.25, 0.3) is 0 Å². The Balaban J connectivity index is 2.57. The number of benzene rings is 1. The molecule has 0 bridgehead atoms. The van der Waals surface area contributed by atoms with E-state index in [1.807, 2.05) is 0 Å². The Morgan fingerprint density at radius 2 is 1.92 bits per heavy atom. The van der Waals surface area contributed by atoms with Gasteiger partial charge in [-0.05, 0) is 18.2 Å². The zero-order valence-corrected chi connectivity index (χ0v) is 6.68. The van der Waals surface area contributed by atoms with Gasteiger partial charge in [0.1, 0.15) is 5.69 Å². The van der Waals surface area contributed by atoms with E-state index in [1.165, 1.54) is 35.4 Å². The van der Waals surface area contributed by atoms with Gasteiger partial charge in [-0.25, -0.2) is 4.39 Å². The van der Waals surface area contributed by atoms with Crippen molar-refractivity contribution in [2.45, 2.75) is 0 Å². The highest BCUT2D eigenvalue weighted by atomic mass is 19.1. The monoisotopic (exact) mass is 178 g/mol. The Labute approximate surface area is 73.8 Å². The number of hydrogen-bond acceptors (Lipinski definition) is 3. The van der Waals surface area contributed by atoms with Crippen molar-refractivity contribution in [1.82, 2.24) is 15.0 Å². The Hall–Kier alpha value is -1.91. The fraction of sp³-hybridized carbons (Fsp3) is 0. The van der Waals surface area contributed by atoms with E-state index in [4.69, 9.17) is 5.73 Å². The molecule has 0 aliphatic carbocycles. The maximum Gasteiger partial charge on any atom is 0.150 e. The van der Waals surface area contributed by atoms with Gasteiger partial charge in [0.15, 0.2) is 5.82 Å². The summed E-state index contributed by atoms with van der Waals surface area (Å²) >= 11 is 0. The highest BCUT2D eigenvalue weighted by Gasteiger charge is 2.05. The Bertz CT molecular complexity index is 410. The topological polar surface area (TPSA) is 56.7 Å². The molecule has 1 aromatic carbocycles. The Kier molecular flexibility index (Phi) is 1.70. The molecule has 0 unspecified atom stereocenters. The van der Waals surface area contributed by atoms with Crippen LogP contribution < -0.4 is 5.73 Å². The van der Waals surface area contributed by atoms with Crippen LogP contribution in [0, 0.1) is 5.82 Å². The number of nitrogens with zero attached hydrogens (tertiary/aromatic N) is 3. The molecule has 2 N–H and O–H groups in total. The summed E-state index contributed by atoms with van der Waals surface area (Å²) in [5.41, 5.74) is 6.23. The minimum Gasteiger partial charge on any atom is -0.399 e. The van der Waals surface area contributed by atoms with E-state index < -0.39 is 5.82 Å². The molecule has 0 amide bonds. The van der Waals surface area contributed by atoms with Crippen LogP contribution >= 0.6 is 0 Å². The van der Waals surface area contributed by atoms with Crippen molar-refractivity contribution < 1.29 is 4.39 Å². The lowest BCUT2D eigenvalue weighted by atomic mass is 10.3. The van der Waals surface area contributed by atoms with E-state index in [0.717, 1.165) is 0 Å². The number of halogens is 1. The molecule has 0 atom stereocenters.